The van der Waals surface area contributed by atoms with Crippen molar-refractivity contribution in [2.75, 3.05) is 13.1 Å². The highest BCUT2D eigenvalue weighted by molar-refractivity contribution is 6.13. The zero-order chi connectivity index (χ0) is 25.6. The van der Waals surface area contributed by atoms with Crippen LogP contribution >= 0.6 is 0 Å². The third kappa shape index (κ3) is 8.18. The molecule has 0 fully saturated rings. The van der Waals surface area contributed by atoms with Crippen LogP contribution in [0.4, 0.5) is 0 Å². The van der Waals surface area contributed by atoms with E-state index >= 15 is 0 Å². The fraction of sp³-hybridized carbons (Fsp3) is 0.0667. The highest BCUT2D eigenvalue weighted by atomic mass is 16.4. The second kappa shape index (κ2) is 13.8. The Morgan fingerprint density at radius 3 is 0.861 bits per heavy atom. The van der Waals surface area contributed by atoms with E-state index in [0.717, 1.165) is 22.3 Å². The van der Waals surface area contributed by atoms with E-state index in [2.05, 4.69) is 9.98 Å². The molecule has 180 valence electrons. The molecular formula is C30H26N2O4. The zero-order valence-corrected chi connectivity index (χ0v) is 19.6. The first-order valence-electron chi connectivity index (χ1n) is 11.3. The third-order valence-electron chi connectivity index (χ3n) is 4.93. The predicted molar refractivity (Wildman–Crippen MR) is 142 cm³/mol. The monoisotopic (exact) mass is 478 g/mol. The molecule has 0 radical (unpaired) electrons. The van der Waals surface area contributed by atoms with Crippen LogP contribution in [-0.4, -0.2) is 46.7 Å². The SMILES string of the molecule is O=C(O)CN=C(c1ccccc1)c1ccccc1.O=C(O)CN=C(c1ccccc1)c1ccccc1. The van der Waals surface area contributed by atoms with Crippen LogP contribution in [0.2, 0.25) is 0 Å². The average molecular weight is 479 g/mol. The van der Waals surface area contributed by atoms with Gasteiger partial charge < -0.3 is 10.2 Å². The molecule has 4 aromatic rings. The Morgan fingerprint density at radius 1 is 0.444 bits per heavy atom. The summed E-state index contributed by atoms with van der Waals surface area (Å²) in [4.78, 5) is 29.7. The number of hydrogen-bond donors (Lipinski definition) is 2. The Bertz CT molecular complexity index is 1120. The second-order valence-electron chi connectivity index (χ2n) is 7.58. The second-order valence-corrected chi connectivity index (χ2v) is 7.58. The Hall–Kier alpha value is -4.84. The molecule has 0 atom stereocenters. The molecule has 36 heavy (non-hydrogen) atoms. The lowest BCUT2D eigenvalue weighted by Crippen LogP contribution is -2.08. The summed E-state index contributed by atoms with van der Waals surface area (Å²) in [5.74, 6) is -1.86. The quantitative estimate of drug-likeness (QED) is 0.339. The minimum Gasteiger partial charge on any atom is -0.480 e. The van der Waals surface area contributed by atoms with Crippen LogP contribution in [-0.2, 0) is 9.59 Å². The van der Waals surface area contributed by atoms with E-state index in [1.54, 1.807) is 0 Å². The molecule has 0 spiro atoms. The van der Waals surface area contributed by atoms with Gasteiger partial charge in [0.1, 0.15) is 13.1 Å². The van der Waals surface area contributed by atoms with Gasteiger partial charge in [0, 0.05) is 22.3 Å². The van der Waals surface area contributed by atoms with Gasteiger partial charge in [-0.2, -0.15) is 0 Å². The highest BCUT2D eigenvalue weighted by Crippen LogP contribution is 2.12. The normalized spacial score (nSPS) is 9.78. The van der Waals surface area contributed by atoms with Crippen LogP contribution in [0.1, 0.15) is 22.3 Å². The summed E-state index contributed by atoms with van der Waals surface area (Å²) >= 11 is 0. The average Bonchev–Trinajstić information content (AvgIpc) is 2.91. The number of aliphatic carboxylic acids is 2. The first-order valence-corrected chi connectivity index (χ1v) is 11.3. The van der Waals surface area contributed by atoms with Gasteiger partial charge in [-0.25, -0.2) is 0 Å². The molecule has 6 nitrogen and oxygen atoms in total. The minimum absolute atomic E-state index is 0.223. The standard InChI is InChI=1S/2C15H13NO2/c2*17-14(18)11-16-15(12-7-3-1-4-8-12)13-9-5-2-6-10-13/h2*1-10H,11H2,(H,17,18). The van der Waals surface area contributed by atoms with Gasteiger partial charge in [-0.15, -0.1) is 0 Å². The van der Waals surface area contributed by atoms with Gasteiger partial charge in [-0.05, 0) is 0 Å². The maximum Gasteiger partial charge on any atom is 0.325 e. The lowest BCUT2D eigenvalue weighted by atomic mass is 10.0. The van der Waals surface area contributed by atoms with Crippen molar-refractivity contribution in [3.05, 3.63) is 144 Å². The Kier molecular flexibility index (Phi) is 9.86. The minimum atomic E-state index is -0.931. The van der Waals surface area contributed by atoms with Gasteiger partial charge in [0.05, 0.1) is 11.4 Å². The van der Waals surface area contributed by atoms with E-state index in [0.29, 0.717) is 11.4 Å². The number of carboxylic acid groups (broad SMARTS) is 2. The molecule has 0 aliphatic heterocycles. The number of benzene rings is 4. The van der Waals surface area contributed by atoms with Crippen molar-refractivity contribution in [1.82, 2.24) is 0 Å². The molecule has 0 bridgehead atoms. The van der Waals surface area contributed by atoms with E-state index in [1.807, 2.05) is 121 Å². The van der Waals surface area contributed by atoms with E-state index in [9.17, 15) is 9.59 Å². The molecule has 6 heteroatoms. The van der Waals surface area contributed by atoms with Gasteiger partial charge in [0.15, 0.2) is 0 Å². The lowest BCUT2D eigenvalue weighted by Gasteiger charge is -2.06. The fourth-order valence-corrected chi connectivity index (χ4v) is 3.38. The summed E-state index contributed by atoms with van der Waals surface area (Å²) in [6.07, 6.45) is 0. The molecule has 4 rings (SSSR count). The topological polar surface area (TPSA) is 99.3 Å². The number of aliphatic imine (C=N–C) groups is 2. The summed E-state index contributed by atoms with van der Waals surface area (Å²) < 4.78 is 0. The molecule has 0 unspecified atom stereocenters. The molecule has 0 aliphatic carbocycles. The summed E-state index contributed by atoms with van der Waals surface area (Å²) in [6.45, 7) is -0.446. The summed E-state index contributed by atoms with van der Waals surface area (Å²) in [5, 5.41) is 17.5. The van der Waals surface area contributed by atoms with Gasteiger partial charge in [-0.1, -0.05) is 121 Å². The molecule has 0 aliphatic rings. The van der Waals surface area contributed by atoms with Crippen LogP contribution < -0.4 is 0 Å². The first kappa shape index (κ1) is 25.8. The summed E-state index contributed by atoms with van der Waals surface area (Å²) in [7, 11) is 0. The van der Waals surface area contributed by atoms with E-state index in [1.165, 1.54) is 0 Å². The molecule has 0 saturated carbocycles. The number of rotatable bonds is 8. The summed E-state index contributed by atoms with van der Waals surface area (Å²) in [6, 6.07) is 38.4. The van der Waals surface area contributed by atoms with E-state index in [-0.39, 0.29) is 13.1 Å². The smallest absolute Gasteiger partial charge is 0.325 e. The van der Waals surface area contributed by atoms with Crippen molar-refractivity contribution >= 4 is 23.4 Å². The van der Waals surface area contributed by atoms with E-state index < -0.39 is 11.9 Å². The fourth-order valence-electron chi connectivity index (χ4n) is 3.38. The largest absolute Gasteiger partial charge is 0.480 e. The van der Waals surface area contributed by atoms with Crippen molar-refractivity contribution in [1.29, 1.82) is 0 Å². The molecule has 0 saturated heterocycles. The van der Waals surface area contributed by atoms with Crippen molar-refractivity contribution in [3.8, 4) is 0 Å². The molecule has 2 N–H and O–H groups in total. The van der Waals surface area contributed by atoms with Crippen LogP contribution in [0.5, 0.6) is 0 Å². The zero-order valence-electron chi connectivity index (χ0n) is 19.6. The number of carbonyl (C=O) groups is 2. The van der Waals surface area contributed by atoms with Crippen molar-refractivity contribution in [2.45, 2.75) is 0 Å². The highest BCUT2D eigenvalue weighted by Gasteiger charge is 2.07. The van der Waals surface area contributed by atoms with Gasteiger partial charge in [-0.3, -0.25) is 19.6 Å². The summed E-state index contributed by atoms with van der Waals surface area (Å²) in [5.41, 5.74) is 5.10. The van der Waals surface area contributed by atoms with Crippen molar-refractivity contribution in [3.63, 3.8) is 0 Å². The maximum atomic E-state index is 10.7. The van der Waals surface area contributed by atoms with Crippen molar-refractivity contribution in [2.24, 2.45) is 9.98 Å². The van der Waals surface area contributed by atoms with Crippen LogP contribution in [0.3, 0.4) is 0 Å². The number of hydrogen-bond acceptors (Lipinski definition) is 4. The third-order valence-corrected chi connectivity index (χ3v) is 4.93. The van der Waals surface area contributed by atoms with E-state index in [4.69, 9.17) is 10.2 Å². The molecule has 0 amide bonds. The molecule has 0 aromatic heterocycles. The van der Waals surface area contributed by atoms with Crippen LogP contribution in [0.25, 0.3) is 0 Å². The first-order chi connectivity index (χ1) is 17.5. The number of carboxylic acids is 2. The Balaban J connectivity index is 0.000000201. The predicted octanol–water partition coefficient (Wildman–Crippen LogP) is 5.22. The maximum absolute atomic E-state index is 10.7. The molecular weight excluding hydrogens is 452 g/mol. The number of nitrogens with zero attached hydrogens (tertiary/aromatic N) is 2. The van der Waals surface area contributed by atoms with Crippen LogP contribution in [0, 0.1) is 0 Å². The Labute approximate surface area is 210 Å². The molecule has 4 aromatic carbocycles. The van der Waals surface area contributed by atoms with Crippen molar-refractivity contribution < 1.29 is 19.8 Å². The van der Waals surface area contributed by atoms with Gasteiger partial charge >= 0.3 is 11.9 Å². The lowest BCUT2D eigenvalue weighted by molar-refractivity contribution is -0.136. The molecule has 0 heterocycles. The Morgan fingerprint density at radius 2 is 0.667 bits per heavy atom. The van der Waals surface area contributed by atoms with Crippen LogP contribution in [0.15, 0.2) is 131 Å². The van der Waals surface area contributed by atoms with Gasteiger partial charge in [0.2, 0.25) is 0 Å². The van der Waals surface area contributed by atoms with Gasteiger partial charge in [0.25, 0.3) is 0 Å².